The molecule has 2 heterocycles. The number of hydrogen-bond acceptors (Lipinski definition) is 4. The fourth-order valence-electron chi connectivity index (χ4n) is 3.79. The fraction of sp³-hybridized carbons (Fsp3) is 0.364. The largest absolute Gasteiger partial charge is 0.378 e. The predicted octanol–water partition coefficient (Wildman–Crippen LogP) is 4.79. The Morgan fingerprint density at radius 2 is 1.81 bits per heavy atom. The fourth-order valence-corrected chi connectivity index (χ4v) is 5.03. The van der Waals surface area contributed by atoms with E-state index in [0.29, 0.717) is 12.8 Å². The first kappa shape index (κ1) is 18.7. The van der Waals surface area contributed by atoms with Gasteiger partial charge in [0.1, 0.15) is 5.60 Å². The first-order chi connectivity index (χ1) is 13.1. The molecule has 0 radical (unpaired) electrons. The third-order valence-corrected chi connectivity index (χ3v) is 6.76. The molecule has 0 amide bonds. The number of nitrogens with zero attached hydrogens (tertiary/aromatic N) is 2. The number of fused-ring (bicyclic) bond motifs is 2. The van der Waals surface area contributed by atoms with E-state index in [1.54, 1.807) is 11.8 Å². The van der Waals surface area contributed by atoms with Crippen molar-refractivity contribution in [2.75, 3.05) is 31.1 Å². The standard InChI is InChI=1S/C22H23ClN2OS/c1-2-22(26)10-14-24(15-11-22)12-5-13-25-18-6-3-4-7-20(18)27-21-9-8-17(23)16-19(21)25/h1,3-4,6-9,16,26H,5,10-15H2. The number of hydrogen-bond donors (Lipinski definition) is 1. The molecule has 3 nitrogen and oxygen atoms in total. The van der Waals surface area contributed by atoms with Gasteiger partial charge in [0.2, 0.25) is 0 Å². The van der Waals surface area contributed by atoms with E-state index in [4.69, 9.17) is 18.0 Å². The molecule has 27 heavy (non-hydrogen) atoms. The van der Waals surface area contributed by atoms with Crippen molar-refractivity contribution in [3.63, 3.8) is 0 Å². The second-order valence-electron chi connectivity index (χ2n) is 7.20. The molecule has 2 aromatic rings. The van der Waals surface area contributed by atoms with Gasteiger partial charge < -0.3 is 14.9 Å². The molecule has 140 valence electrons. The number of terminal acetylenes is 1. The second-order valence-corrected chi connectivity index (χ2v) is 8.72. The number of para-hydroxylation sites is 1. The molecular weight excluding hydrogens is 376 g/mol. The van der Waals surface area contributed by atoms with Gasteiger partial charge in [-0.1, -0.05) is 41.4 Å². The molecule has 0 aromatic heterocycles. The molecule has 2 aliphatic rings. The molecule has 1 fully saturated rings. The van der Waals surface area contributed by atoms with Gasteiger partial charge >= 0.3 is 0 Å². The molecular formula is C22H23ClN2OS. The third-order valence-electron chi connectivity index (χ3n) is 5.40. The van der Waals surface area contributed by atoms with Crippen molar-refractivity contribution in [3.05, 3.63) is 47.5 Å². The van der Waals surface area contributed by atoms with Crippen LogP contribution in [0.2, 0.25) is 5.02 Å². The summed E-state index contributed by atoms with van der Waals surface area (Å²) in [7, 11) is 0. The summed E-state index contributed by atoms with van der Waals surface area (Å²) in [6.45, 7) is 3.65. The normalized spacial score (nSPS) is 18.5. The number of rotatable bonds is 4. The quantitative estimate of drug-likeness (QED) is 0.749. The van der Waals surface area contributed by atoms with Crippen molar-refractivity contribution < 1.29 is 5.11 Å². The topological polar surface area (TPSA) is 26.7 Å². The first-order valence-electron chi connectivity index (χ1n) is 9.34. The maximum absolute atomic E-state index is 10.2. The maximum Gasteiger partial charge on any atom is 0.127 e. The number of anilines is 2. The molecule has 0 bridgehead atoms. The molecule has 4 rings (SSSR count). The Labute approximate surface area is 170 Å². The van der Waals surface area contributed by atoms with Gasteiger partial charge in [0.25, 0.3) is 0 Å². The number of benzene rings is 2. The maximum atomic E-state index is 10.2. The van der Waals surface area contributed by atoms with Gasteiger partial charge in [-0.25, -0.2) is 0 Å². The van der Waals surface area contributed by atoms with Gasteiger partial charge in [0, 0.05) is 47.3 Å². The Morgan fingerprint density at radius 3 is 2.59 bits per heavy atom. The molecule has 1 saturated heterocycles. The molecule has 0 unspecified atom stereocenters. The van der Waals surface area contributed by atoms with Crippen molar-refractivity contribution in [2.24, 2.45) is 0 Å². The average molecular weight is 399 g/mol. The van der Waals surface area contributed by atoms with Crippen molar-refractivity contribution in [1.82, 2.24) is 4.90 Å². The van der Waals surface area contributed by atoms with E-state index < -0.39 is 5.60 Å². The number of halogens is 1. The minimum Gasteiger partial charge on any atom is -0.378 e. The zero-order valence-corrected chi connectivity index (χ0v) is 16.8. The summed E-state index contributed by atoms with van der Waals surface area (Å²) >= 11 is 8.08. The van der Waals surface area contributed by atoms with Gasteiger partial charge in [0.05, 0.1) is 11.4 Å². The minimum absolute atomic E-state index is 0.658. The van der Waals surface area contributed by atoms with Crippen LogP contribution in [0.5, 0.6) is 0 Å². The van der Waals surface area contributed by atoms with Crippen LogP contribution >= 0.6 is 23.4 Å². The van der Waals surface area contributed by atoms with Gasteiger partial charge in [-0.15, -0.1) is 6.42 Å². The Morgan fingerprint density at radius 1 is 1.07 bits per heavy atom. The van der Waals surface area contributed by atoms with Crippen molar-refractivity contribution in [2.45, 2.75) is 34.7 Å². The lowest BCUT2D eigenvalue weighted by molar-refractivity contribution is 0.0272. The van der Waals surface area contributed by atoms with Gasteiger partial charge in [0.15, 0.2) is 0 Å². The molecule has 1 N–H and O–H groups in total. The lowest BCUT2D eigenvalue weighted by atomic mass is 9.92. The summed E-state index contributed by atoms with van der Waals surface area (Å²) in [6, 6.07) is 14.7. The molecule has 2 aliphatic heterocycles. The highest BCUT2D eigenvalue weighted by atomic mass is 35.5. The molecule has 0 saturated carbocycles. The minimum atomic E-state index is -0.908. The molecule has 0 aliphatic carbocycles. The summed E-state index contributed by atoms with van der Waals surface area (Å²) in [5, 5.41) is 11.0. The van der Waals surface area contributed by atoms with E-state index in [2.05, 4.69) is 52.1 Å². The van der Waals surface area contributed by atoms with Crippen molar-refractivity contribution in [1.29, 1.82) is 0 Å². The van der Waals surface area contributed by atoms with E-state index in [9.17, 15) is 5.11 Å². The highest BCUT2D eigenvalue weighted by molar-refractivity contribution is 7.99. The van der Waals surface area contributed by atoms with E-state index in [1.807, 2.05) is 6.07 Å². The highest BCUT2D eigenvalue weighted by Crippen LogP contribution is 2.48. The van der Waals surface area contributed by atoms with Gasteiger partial charge in [-0.2, -0.15) is 0 Å². The van der Waals surface area contributed by atoms with E-state index >= 15 is 0 Å². The monoisotopic (exact) mass is 398 g/mol. The van der Waals surface area contributed by atoms with Gasteiger partial charge in [-0.3, -0.25) is 0 Å². The second kappa shape index (κ2) is 7.77. The summed E-state index contributed by atoms with van der Waals surface area (Å²) in [6.07, 6.45) is 7.80. The number of aliphatic hydroxyl groups is 1. The van der Waals surface area contributed by atoms with E-state index in [1.165, 1.54) is 21.2 Å². The number of likely N-dealkylation sites (tertiary alicyclic amines) is 1. The van der Waals surface area contributed by atoms with E-state index in [0.717, 1.165) is 37.6 Å². The van der Waals surface area contributed by atoms with Crippen LogP contribution in [0, 0.1) is 12.3 Å². The Kier molecular flexibility index (Phi) is 5.39. The predicted molar refractivity (Wildman–Crippen MR) is 113 cm³/mol. The summed E-state index contributed by atoms with van der Waals surface area (Å²) in [5.41, 5.74) is 1.53. The first-order valence-corrected chi connectivity index (χ1v) is 10.5. The van der Waals surface area contributed by atoms with E-state index in [-0.39, 0.29) is 0 Å². The molecule has 5 heteroatoms. The zero-order valence-electron chi connectivity index (χ0n) is 15.2. The van der Waals surface area contributed by atoms with Crippen molar-refractivity contribution >= 4 is 34.7 Å². The van der Waals surface area contributed by atoms with Gasteiger partial charge in [-0.05, 0) is 43.3 Å². The summed E-state index contributed by atoms with van der Waals surface area (Å²) in [4.78, 5) is 7.31. The lowest BCUT2D eigenvalue weighted by Crippen LogP contribution is -2.44. The Balaban J connectivity index is 1.45. The molecule has 2 aromatic carbocycles. The highest BCUT2D eigenvalue weighted by Gasteiger charge is 2.30. The molecule has 0 atom stereocenters. The van der Waals surface area contributed by atoms with Crippen LogP contribution in [-0.2, 0) is 0 Å². The van der Waals surface area contributed by atoms with Crippen molar-refractivity contribution in [3.8, 4) is 12.3 Å². The Bertz CT molecular complexity index is 871. The lowest BCUT2D eigenvalue weighted by Gasteiger charge is -2.36. The van der Waals surface area contributed by atoms with Crippen LogP contribution in [-0.4, -0.2) is 41.8 Å². The smallest absolute Gasteiger partial charge is 0.127 e. The van der Waals surface area contributed by atoms with Crippen LogP contribution in [0.3, 0.4) is 0 Å². The summed E-state index contributed by atoms with van der Waals surface area (Å²) in [5.74, 6) is 2.54. The SMILES string of the molecule is C#CC1(O)CCN(CCCN2c3ccccc3Sc3ccc(Cl)cc32)CC1. The summed E-state index contributed by atoms with van der Waals surface area (Å²) < 4.78 is 0. The van der Waals surface area contributed by atoms with Crippen LogP contribution in [0.4, 0.5) is 11.4 Å². The third kappa shape index (κ3) is 3.97. The van der Waals surface area contributed by atoms with Crippen LogP contribution in [0.25, 0.3) is 0 Å². The van der Waals surface area contributed by atoms with Crippen LogP contribution < -0.4 is 4.90 Å². The Hall–Kier alpha value is -1.64. The number of piperidine rings is 1. The average Bonchev–Trinajstić information content (AvgIpc) is 2.69. The zero-order chi connectivity index (χ0) is 18.9. The van der Waals surface area contributed by atoms with Crippen LogP contribution in [0.15, 0.2) is 52.3 Å². The molecule has 0 spiro atoms. The van der Waals surface area contributed by atoms with Crippen LogP contribution in [0.1, 0.15) is 19.3 Å².